The molecule has 1 N–H and O–H groups in total. The second-order valence-corrected chi connectivity index (χ2v) is 7.34. The van der Waals surface area contributed by atoms with Crippen molar-refractivity contribution in [2.24, 2.45) is 12.5 Å². The van der Waals surface area contributed by atoms with Crippen LogP contribution in [0.25, 0.3) is 0 Å². The van der Waals surface area contributed by atoms with Gasteiger partial charge in [0.2, 0.25) is 5.91 Å². The molecule has 6 heteroatoms. The third-order valence-corrected chi connectivity index (χ3v) is 3.79. The van der Waals surface area contributed by atoms with Crippen molar-refractivity contribution in [2.75, 3.05) is 18.4 Å². The van der Waals surface area contributed by atoms with Crippen LogP contribution in [0.15, 0.2) is 17.1 Å². The van der Waals surface area contributed by atoms with E-state index in [1.165, 1.54) is 16.8 Å². The first-order chi connectivity index (χ1) is 10.7. The Morgan fingerprint density at radius 2 is 1.83 bits per heavy atom. The van der Waals surface area contributed by atoms with E-state index in [2.05, 4.69) is 5.32 Å². The Bertz CT molecular complexity index is 665. The zero-order valence-corrected chi connectivity index (χ0v) is 14.3. The highest BCUT2D eigenvalue weighted by Gasteiger charge is 2.22. The molecule has 1 saturated heterocycles. The molecule has 0 saturated carbocycles. The monoisotopic (exact) mass is 319 g/mol. The lowest BCUT2D eigenvalue weighted by Gasteiger charge is -2.18. The average molecular weight is 319 g/mol. The molecule has 0 aliphatic carbocycles. The van der Waals surface area contributed by atoms with Crippen molar-refractivity contribution in [3.05, 3.63) is 28.2 Å². The number of rotatable bonds is 3. The summed E-state index contributed by atoms with van der Waals surface area (Å²) in [4.78, 5) is 38.5. The number of pyridine rings is 1. The topological polar surface area (TPSA) is 71.4 Å². The normalized spacial score (nSPS) is 14.9. The van der Waals surface area contributed by atoms with Gasteiger partial charge in [-0.05, 0) is 24.3 Å². The molecule has 1 fully saturated rings. The molecular formula is C17H25N3O3. The highest BCUT2D eigenvalue weighted by Crippen LogP contribution is 2.19. The zero-order chi connectivity index (χ0) is 17.2. The van der Waals surface area contributed by atoms with Gasteiger partial charge in [0.15, 0.2) is 0 Å². The van der Waals surface area contributed by atoms with Crippen LogP contribution in [-0.2, 0) is 11.8 Å². The number of hydrogen-bond donors (Lipinski definition) is 1. The predicted octanol–water partition coefficient (Wildman–Crippen LogP) is 2.00. The quantitative estimate of drug-likeness (QED) is 0.926. The number of amides is 2. The Labute approximate surface area is 136 Å². The summed E-state index contributed by atoms with van der Waals surface area (Å²) in [6.45, 7) is 7.36. The van der Waals surface area contributed by atoms with Crippen LogP contribution in [0, 0.1) is 5.41 Å². The molecule has 126 valence electrons. The lowest BCUT2D eigenvalue weighted by atomic mass is 9.92. The van der Waals surface area contributed by atoms with Crippen LogP contribution in [0.4, 0.5) is 5.69 Å². The molecule has 1 aromatic heterocycles. The number of likely N-dealkylation sites (tertiary alicyclic amines) is 1. The van der Waals surface area contributed by atoms with Gasteiger partial charge in [-0.3, -0.25) is 14.4 Å². The fraction of sp³-hybridized carbons (Fsp3) is 0.588. The first-order valence-corrected chi connectivity index (χ1v) is 7.97. The molecule has 0 atom stereocenters. The molecule has 23 heavy (non-hydrogen) atoms. The van der Waals surface area contributed by atoms with Crippen molar-refractivity contribution in [1.82, 2.24) is 9.47 Å². The van der Waals surface area contributed by atoms with E-state index in [9.17, 15) is 14.4 Å². The number of aryl methyl sites for hydroxylation is 1. The van der Waals surface area contributed by atoms with E-state index < -0.39 is 0 Å². The SMILES string of the molecule is Cn1cc(C(=O)N2CCCC2)cc(NC(=O)CC(C)(C)C)c1=O. The van der Waals surface area contributed by atoms with Gasteiger partial charge in [0.05, 0.1) is 5.56 Å². The van der Waals surface area contributed by atoms with Crippen molar-refractivity contribution >= 4 is 17.5 Å². The molecule has 2 amide bonds. The molecule has 2 rings (SSSR count). The maximum atomic E-state index is 12.5. The molecule has 0 aromatic carbocycles. The van der Waals surface area contributed by atoms with E-state index in [4.69, 9.17) is 0 Å². The summed E-state index contributed by atoms with van der Waals surface area (Å²) in [6, 6.07) is 1.49. The summed E-state index contributed by atoms with van der Waals surface area (Å²) in [7, 11) is 1.59. The number of anilines is 1. The van der Waals surface area contributed by atoms with Crippen LogP contribution in [0.2, 0.25) is 0 Å². The van der Waals surface area contributed by atoms with E-state index in [0.29, 0.717) is 12.0 Å². The van der Waals surface area contributed by atoms with Gasteiger partial charge in [-0.1, -0.05) is 20.8 Å². The van der Waals surface area contributed by atoms with Gasteiger partial charge in [-0.15, -0.1) is 0 Å². The third-order valence-electron chi connectivity index (χ3n) is 3.79. The Hall–Kier alpha value is -2.11. The molecule has 0 spiro atoms. The van der Waals surface area contributed by atoms with Crippen LogP contribution < -0.4 is 10.9 Å². The highest BCUT2D eigenvalue weighted by molar-refractivity contribution is 5.97. The molecular weight excluding hydrogens is 294 g/mol. The van der Waals surface area contributed by atoms with Gasteiger partial charge >= 0.3 is 0 Å². The van der Waals surface area contributed by atoms with Gasteiger partial charge in [-0.25, -0.2) is 0 Å². The summed E-state index contributed by atoms with van der Waals surface area (Å²) >= 11 is 0. The van der Waals surface area contributed by atoms with Crippen molar-refractivity contribution in [3.8, 4) is 0 Å². The number of hydrogen-bond acceptors (Lipinski definition) is 3. The van der Waals surface area contributed by atoms with Gasteiger partial charge in [-0.2, -0.15) is 0 Å². The maximum absolute atomic E-state index is 12.5. The van der Waals surface area contributed by atoms with Gasteiger partial charge < -0.3 is 14.8 Å². The van der Waals surface area contributed by atoms with Crippen LogP contribution in [0.5, 0.6) is 0 Å². The van der Waals surface area contributed by atoms with Gasteiger partial charge in [0.25, 0.3) is 11.5 Å². The summed E-state index contributed by atoms with van der Waals surface area (Å²) in [5, 5.41) is 2.65. The molecule has 2 heterocycles. The Balaban J connectivity index is 2.24. The minimum Gasteiger partial charge on any atom is -0.339 e. The van der Waals surface area contributed by atoms with Crippen LogP contribution in [-0.4, -0.2) is 34.4 Å². The number of carbonyl (C=O) groups is 2. The van der Waals surface area contributed by atoms with Crippen molar-refractivity contribution in [3.63, 3.8) is 0 Å². The van der Waals surface area contributed by atoms with Crippen molar-refractivity contribution in [1.29, 1.82) is 0 Å². The Morgan fingerprint density at radius 3 is 2.39 bits per heavy atom. The minimum absolute atomic E-state index is 0.0931. The molecule has 1 aliphatic rings. The first kappa shape index (κ1) is 17.2. The molecule has 0 unspecified atom stereocenters. The second kappa shape index (κ2) is 6.56. The second-order valence-electron chi connectivity index (χ2n) is 7.34. The molecule has 1 aliphatic heterocycles. The average Bonchev–Trinajstić information content (AvgIpc) is 2.94. The number of nitrogens with one attached hydrogen (secondary N) is 1. The summed E-state index contributed by atoms with van der Waals surface area (Å²) < 4.78 is 1.34. The third kappa shape index (κ3) is 4.43. The zero-order valence-electron chi connectivity index (χ0n) is 14.3. The number of aromatic nitrogens is 1. The highest BCUT2D eigenvalue weighted by atomic mass is 16.2. The summed E-state index contributed by atoms with van der Waals surface area (Å²) in [5.41, 5.74) is 0.107. The van der Waals surface area contributed by atoms with E-state index in [1.807, 2.05) is 20.8 Å². The maximum Gasteiger partial charge on any atom is 0.274 e. The predicted molar refractivity (Wildman–Crippen MR) is 89.5 cm³/mol. The lowest BCUT2D eigenvalue weighted by Crippen LogP contribution is -2.31. The summed E-state index contributed by atoms with van der Waals surface area (Å²) in [6.07, 6.45) is 3.85. The smallest absolute Gasteiger partial charge is 0.274 e. The van der Waals surface area contributed by atoms with Crippen molar-refractivity contribution in [2.45, 2.75) is 40.0 Å². The fourth-order valence-electron chi connectivity index (χ4n) is 2.70. The molecule has 0 radical (unpaired) electrons. The molecule has 6 nitrogen and oxygen atoms in total. The van der Waals surface area contributed by atoms with E-state index in [-0.39, 0.29) is 28.5 Å². The first-order valence-electron chi connectivity index (χ1n) is 7.97. The van der Waals surface area contributed by atoms with Crippen LogP contribution >= 0.6 is 0 Å². The number of carbonyl (C=O) groups excluding carboxylic acids is 2. The lowest BCUT2D eigenvalue weighted by molar-refractivity contribution is -0.117. The Kier molecular flexibility index (Phi) is 4.92. The van der Waals surface area contributed by atoms with Crippen LogP contribution in [0.1, 0.15) is 50.4 Å². The Morgan fingerprint density at radius 1 is 1.22 bits per heavy atom. The molecule has 1 aromatic rings. The van der Waals surface area contributed by atoms with Crippen molar-refractivity contribution < 1.29 is 9.59 Å². The number of nitrogens with zero attached hydrogens (tertiary/aromatic N) is 2. The molecule has 0 bridgehead atoms. The van der Waals surface area contributed by atoms with E-state index >= 15 is 0 Å². The van der Waals surface area contributed by atoms with Gasteiger partial charge in [0, 0.05) is 32.8 Å². The standard InChI is InChI=1S/C17H25N3O3/c1-17(2,3)10-14(21)18-13-9-12(11-19(4)16(13)23)15(22)20-7-5-6-8-20/h9,11H,5-8,10H2,1-4H3,(H,18,21). The van der Waals surface area contributed by atoms with Crippen LogP contribution in [0.3, 0.4) is 0 Å². The fourth-order valence-corrected chi connectivity index (χ4v) is 2.70. The largest absolute Gasteiger partial charge is 0.339 e. The van der Waals surface area contributed by atoms with E-state index in [1.54, 1.807) is 11.9 Å². The summed E-state index contributed by atoms with van der Waals surface area (Å²) in [5.74, 6) is -0.315. The minimum atomic E-state index is -0.315. The van der Waals surface area contributed by atoms with Gasteiger partial charge in [0.1, 0.15) is 5.69 Å². The van der Waals surface area contributed by atoms with E-state index in [0.717, 1.165) is 25.9 Å².